The van der Waals surface area contributed by atoms with E-state index < -0.39 is 24.7 Å². The largest absolute Gasteiger partial charge is 0.408 e. The Morgan fingerprint density at radius 1 is 1.38 bits per heavy atom. The number of alkyl halides is 5. The van der Waals surface area contributed by atoms with E-state index in [9.17, 15) is 22.0 Å². The summed E-state index contributed by atoms with van der Waals surface area (Å²) >= 11 is 0. The van der Waals surface area contributed by atoms with Gasteiger partial charge in [0.25, 0.3) is 6.43 Å². The Bertz CT molecular complexity index is 277. The van der Waals surface area contributed by atoms with Crippen molar-refractivity contribution in [2.45, 2.75) is 19.1 Å². The predicted octanol–water partition coefficient (Wildman–Crippen LogP) is 1.98. The molecular formula is C6H3F5N2. The van der Waals surface area contributed by atoms with Crippen LogP contribution in [0.5, 0.6) is 0 Å². The molecule has 7 heteroatoms. The Hall–Kier alpha value is -1.14. The molecule has 0 aliphatic carbocycles. The van der Waals surface area contributed by atoms with E-state index in [2.05, 4.69) is 5.10 Å². The van der Waals surface area contributed by atoms with Gasteiger partial charge in [0.05, 0.1) is 11.8 Å². The SMILES string of the molecule is FC(F)c1[c]nn(CC(F)(F)F)[c]1. The number of halogens is 5. The van der Waals surface area contributed by atoms with E-state index in [1.165, 1.54) is 0 Å². The minimum Gasteiger partial charge on any atom is -0.253 e. The van der Waals surface area contributed by atoms with Crippen molar-refractivity contribution in [1.29, 1.82) is 0 Å². The average Bonchev–Trinajstić information content (AvgIpc) is 2.31. The van der Waals surface area contributed by atoms with Crippen LogP contribution in [0, 0.1) is 12.4 Å². The van der Waals surface area contributed by atoms with Gasteiger partial charge >= 0.3 is 6.18 Å². The molecule has 0 fully saturated rings. The number of nitrogens with zero attached hydrogens (tertiary/aromatic N) is 2. The first-order valence-corrected chi connectivity index (χ1v) is 3.11. The van der Waals surface area contributed by atoms with Gasteiger partial charge in [-0.25, -0.2) is 8.78 Å². The normalized spacial score (nSPS) is 12.5. The third-order valence-corrected chi connectivity index (χ3v) is 1.09. The van der Waals surface area contributed by atoms with E-state index in [0.717, 1.165) is 0 Å². The van der Waals surface area contributed by atoms with Gasteiger partial charge in [-0.2, -0.15) is 18.3 Å². The van der Waals surface area contributed by atoms with Crippen LogP contribution in [0.15, 0.2) is 0 Å². The average molecular weight is 198 g/mol. The molecule has 0 spiro atoms. The fraction of sp³-hybridized carbons (Fsp3) is 0.500. The maximum atomic E-state index is 11.8. The lowest BCUT2D eigenvalue weighted by atomic mass is 10.4. The lowest BCUT2D eigenvalue weighted by molar-refractivity contribution is -0.142. The second kappa shape index (κ2) is 3.31. The molecule has 1 aromatic heterocycles. The van der Waals surface area contributed by atoms with E-state index >= 15 is 0 Å². The number of aromatic nitrogens is 2. The van der Waals surface area contributed by atoms with E-state index in [4.69, 9.17) is 0 Å². The molecule has 0 atom stereocenters. The number of rotatable bonds is 2. The van der Waals surface area contributed by atoms with Crippen LogP contribution in [0.3, 0.4) is 0 Å². The van der Waals surface area contributed by atoms with Crippen molar-refractivity contribution in [3.8, 4) is 0 Å². The summed E-state index contributed by atoms with van der Waals surface area (Å²) in [6.45, 7) is -1.43. The van der Waals surface area contributed by atoms with Gasteiger partial charge in [-0.3, -0.25) is 4.68 Å². The molecule has 2 radical (unpaired) electrons. The van der Waals surface area contributed by atoms with Crippen molar-refractivity contribution in [3.63, 3.8) is 0 Å². The fourth-order valence-electron chi connectivity index (χ4n) is 0.646. The molecule has 72 valence electrons. The Morgan fingerprint density at radius 3 is 2.38 bits per heavy atom. The Labute approximate surface area is 70.0 Å². The Morgan fingerprint density at radius 2 is 2.00 bits per heavy atom. The third-order valence-electron chi connectivity index (χ3n) is 1.09. The van der Waals surface area contributed by atoms with Crippen LogP contribution in [0.1, 0.15) is 12.0 Å². The zero-order valence-electron chi connectivity index (χ0n) is 6.07. The van der Waals surface area contributed by atoms with Crippen molar-refractivity contribution >= 4 is 0 Å². The van der Waals surface area contributed by atoms with Crippen LogP contribution in [-0.4, -0.2) is 16.0 Å². The molecule has 0 unspecified atom stereocenters. The van der Waals surface area contributed by atoms with Crippen molar-refractivity contribution in [3.05, 3.63) is 18.0 Å². The first kappa shape index (κ1) is 9.94. The standard InChI is InChI=1S/C6H3F5N2/c7-5(8)4-1-12-13(2-4)3-6(9,10)11/h5H,3H2. The summed E-state index contributed by atoms with van der Waals surface area (Å²) in [5, 5.41) is 2.96. The molecule has 0 N–H and O–H groups in total. The maximum absolute atomic E-state index is 11.8. The van der Waals surface area contributed by atoms with Crippen LogP contribution in [0.2, 0.25) is 0 Å². The summed E-state index contributed by atoms with van der Waals surface area (Å²) in [4.78, 5) is 0. The summed E-state index contributed by atoms with van der Waals surface area (Å²) < 4.78 is 58.9. The zero-order valence-corrected chi connectivity index (χ0v) is 6.07. The zero-order chi connectivity index (χ0) is 10.1. The molecule has 0 aliphatic rings. The van der Waals surface area contributed by atoms with Gasteiger partial charge in [-0.1, -0.05) is 0 Å². The highest BCUT2D eigenvalue weighted by atomic mass is 19.4. The highest BCUT2D eigenvalue weighted by Crippen LogP contribution is 2.19. The van der Waals surface area contributed by atoms with Gasteiger partial charge in [-0.05, 0) is 0 Å². The Kier molecular flexibility index (Phi) is 2.53. The monoisotopic (exact) mass is 198 g/mol. The molecule has 1 heterocycles. The summed E-state index contributed by atoms with van der Waals surface area (Å²) in [5.41, 5.74) is -0.760. The van der Waals surface area contributed by atoms with Gasteiger partial charge in [-0.15, -0.1) is 0 Å². The van der Waals surface area contributed by atoms with Crippen LogP contribution in [0.25, 0.3) is 0 Å². The number of hydrogen-bond donors (Lipinski definition) is 0. The summed E-state index contributed by atoms with van der Waals surface area (Å²) in [6, 6.07) is 0. The van der Waals surface area contributed by atoms with Crippen molar-refractivity contribution in [1.82, 2.24) is 9.78 Å². The molecule has 13 heavy (non-hydrogen) atoms. The van der Waals surface area contributed by atoms with Crippen molar-refractivity contribution in [2.75, 3.05) is 0 Å². The van der Waals surface area contributed by atoms with Gasteiger partial charge in [0.2, 0.25) is 0 Å². The molecule has 1 aromatic rings. The van der Waals surface area contributed by atoms with Gasteiger partial charge in [0, 0.05) is 0 Å². The molecule has 0 saturated carbocycles. The number of hydrogen-bond acceptors (Lipinski definition) is 1. The van der Waals surface area contributed by atoms with E-state index in [1.807, 2.05) is 0 Å². The van der Waals surface area contributed by atoms with E-state index in [1.54, 1.807) is 12.4 Å². The molecule has 0 bridgehead atoms. The summed E-state index contributed by atoms with van der Waals surface area (Å²) in [7, 11) is 0. The third kappa shape index (κ3) is 3.00. The lowest BCUT2D eigenvalue weighted by Crippen LogP contribution is -2.18. The molecule has 0 saturated heterocycles. The topological polar surface area (TPSA) is 17.8 Å². The second-order valence-corrected chi connectivity index (χ2v) is 2.21. The van der Waals surface area contributed by atoms with Crippen molar-refractivity contribution in [2.24, 2.45) is 0 Å². The molecular weight excluding hydrogens is 195 g/mol. The van der Waals surface area contributed by atoms with Gasteiger partial charge < -0.3 is 0 Å². The molecule has 0 amide bonds. The fourth-order valence-corrected chi connectivity index (χ4v) is 0.646. The highest BCUT2D eigenvalue weighted by molar-refractivity contribution is 5.01. The smallest absolute Gasteiger partial charge is 0.253 e. The highest BCUT2D eigenvalue weighted by Gasteiger charge is 2.29. The van der Waals surface area contributed by atoms with Crippen molar-refractivity contribution < 1.29 is 22.0 Å². The quantitative estimate of drug-likeness (QED) is 0.664. The molecule has 0 aromatic carbocycles. The van der Waals surface area contributed by atoms with E-state index in [-0.39, 0.29) is 4.68 Å². The summed E-state index contributed by atoms with van der Waals surface area (Å²) in [5.74, 6) is 0. The van der Waals surface area contributed by atoms with Crippen LogP contribution in [-0.2, 0) is 6.54 Å². The molecule has 2 nitrogen and oxygen atoms in total. The minimum absolute atomic E-state index is 0.251. The van der Waals surface area contributed by atoms with E-state index in [0.29, 0.717) is 0 Å². The first-order chi connectivity index (χ1) is 5.88. The minimum atomic E-state index is -4.49. The summed E-state index contributed by atoms with van der Waals surface area (Å²) in [6.07, 6.45) is -3.91. The van der Waals surface area contributed by atoms with Gasteiger partial charge in [0.15, 0.2) is 0 Å². The van der Waals surface area contributed by atoms with Gasteiger partial charge in [0.1, 0.15) is 12.7 Å². The van der Waals surface area contributed by atoms with Crippen LogP contribution >= 0.6 is 0 Å². The molecule has 0 aliphatic heterocycles. The first-order valence-electron chi connectivity index (χ1n) is 3.11. The Balaban J connectivity index is 2.70. The second-order valence-electron chi connectivity index (χ2n) is 2.21. The van der Waals surface area contributed by atoms with Crippen LogP contribution < -0.4 is 0 Å². The molecule has 1 rings (SSSR count). The van der Waals surface area contributed by atoms with Crippen LogP contribution in [0.4, 0.5) is 22.0 Å². The maximum Gasteiger partial charge on any atom is 0.408 e. The predicted molar refractivity (Wildman–Crippen MR) is 30.9 cm³/mol. The lowest BCUT2D eigenvalue weighted by Gasteiger charge is -2.04.